The van der Waals surface area contributed by atoms with Gasteiger partial charge in [-0.05, 0) is 40.5 Å². The number of nitrogens with zero attached hydrogens (tertiary/aromatic N) is 1. The van der Waals surface area contributed by atoms with Crippen LogP contribution in [0.1, 0.15) is 40.5 Å². The zero-order valence-corrected chi connectivity index (χ0v) is 11.3. The average molecular weight is 235 g/mol. The van der Waals surface area contributed by atoms with Crippen LogP contribution in [0.3, 0.4) is 0 Å². The standard InChI is InChI=1S/C14H21NO2/c1-11(2)6-8-14(10-15,13(16)17-5)9-7-12(3)4/h6-7H,8-9H2,1-5H3. The van der Waals surface area contributed by atoms with E-state index in [1.807, 2.05) is 39.8 Å². The molecule has 0 aliphatic carbocycles. The van der Waals surface area contributed by atoms with Gasteiger partial charge in [-0.25, -0.2) is 0 Å². The van der Waals surface area contributed by atoms with Crippen LogP contribution in [0.4, 0.5) is 0 Å². The Morgan fingerprint density at radius 1 is 1.18 bits per heavy atom. The lowest BCUT2D eigenvalue weighted by atomic mass is 9.81. The van der Waals surface area contributed by atoms with Crippen molar-refractivity contribution in [2.24, 2.45) is 5.41 Å². The third kappa shape index (κ3) is 4.86. The third-order valence-corrected chi connectivity index (χ3v) is 2.51. The van der Waals surface area contributed by atoms with Crippen molar-refractivity contribution >= 4 is 5.97 Å². The second-order valence-electron chi connectivity index (χ2n) is 4.66. The van der Waals surface area contributed by atoms with Crippen LogP contribution in [0.25, 0.3) is 0 Å². The summed E-state index contributed by atoms with van der Waals surface area (Å²) in [4.78, 5) is 11.8. The molecule has 0 radical (unpaired) electrons. The van der Waals surface area contributed by atoms with E-state index >= 15 is 0 Å². The van der Waals surface area contributed by atoms with Crippen molar-refractivity contribution in [1.82, 2.24) is 0 Å². The summed E-state index contributed by atoms with van der Waals surface area (Å²) in [6, 6.07) is 2.11. The molecular weight excluding hydrogens is 214 g/mol. The van der Waals surface area contributed by atoms with Gasteiger partial charge in [-0.2, -0.15) is 5.26 Å². The van der Waals surface area contributed by atoms with Gasteiger partial charge in [-0.1, -0.05) is 23.3 Å². The number of methoxy groups -OCH3 is 1. The summed E-state index contributed by atoms with van der Waals surface area (Å²) < 4.78 is 4.75. The number of allylic oxidation sites excluding steroid dienone is 4. The second-order valence-corrected chi connectivity index (χ2v) is 4.66. The van der Waals surface area contributed by atoms with Crippen LogP contribution in [0.5, 0.6) is 0 Å². The largest absolute Gasteiger partial charge is 0.468 e. The topological polar surface area (TPSA) is 50.1 Å². The van der Waals surface area contributed by atoms with Gasteiger partial charge in [0.1, 0.15) is 0 Å². The van der Waals surface area contributed by atoms with E-state index in [2.05, 4.69) is 6.07 Å². The smallest absolute Gasteiger partial charge is 0.326 e. The molecule has 3 heteroatoms. The average Bonchev–Trinajstić information content (AvgIpc) is 2.28. The first-order chi connectivity index (χ1) is 7.88. The van der Waals surface area contributed by atoms with Crippen LogP contribution >= 0.6 is 0 Å². The van der Waals surface area contributed by atoms with Crippen molar-refractivity contribution in [2.75, 3.05) is 7.11 Å². The van der Waals surface area contributed by atoms with Crippen LogP contribution < -0.4 is 0 Å². The highest BCUT2D eigenvalue weighted by Gasteiger charge is 2.38. The highest BCUT2D eigenvalue weighted by atomic mass is 16.5. The molecular formula is C14H21NO2. The summed E-state index contributed by atoms with van der Waals surface area (Å²) in [5.41, 5.74) is 1.08. The lowest BCUT2D eigenvalue weighted by Crippen LogP contribution is -2.30. The fourth-order valence-electron chi connectivity index (χ4n) is 1.34. The van der Waals surface area contributed by atoms with E-state index in [0.29, 0.717) is 12.8 Å². The molecule has 3 nitrogen and oxygen atoms in total. The number of carbonyl (C=O) groups excluding carboxylic acids is 1. The number of rotatable bonds is 5. The molecule has 0 atom stereocenters. The van der Waals surface area contributed by atoms with Crippen molar-refractivity contribution in [3.8, 4) is 6.07 Å². The molecule has 0 fully saturated rings. The first kappa shape index (κ1) is 15.4. The Labute approximate surface area is 104 Å². The summed E-state index contributed by atoms with van der Waals surface area (Å²) >= 11 is 0. The van der Waals surface area contributed by atoms with Gasteiger partial charge in [0.15, 0.2) is 5.41 Å². The zero-order valence-electron chi connectivity index (χ0n) is 11.3. The predicted octanol–water partition coefficient (Wildman–Crippen LogP) is 3.38. The maximum absolute atomic E-state index is 11.8. The molecule has 0 aromatic rings. The lowest BCUT2D eigenvalue weighted by molar-refractivity contribution is -0.149. The third-order valence-electron chi connectivity index (χ3n) is 2.51. The summed E-state index contributed by atoms with van der Waals surface area (Å²) in [6.45, 7) is 7.78. The summed E-state index contributed by atoms with van der Waals surface area (Å²) in [6.07, 6.45) is 4.59. The molecule has 0 amide bonds. The van der Waals surface area contributed by atoms with Crippen molar-refractivity contribution in [2.45, 2.75) is 40.5 Å². The quantitative estimate of drug-likeness (QED) is 0.542. The monoisotopic (exact) mass is 235 g/mol. The van der Waals surface area contributed by atoms with E-state index in [9.17, 15) is 10.1 Å². The van der Waals surface area contributed by atoms with Gasteiger partial charge in [-0.15, -0.1) is 0 Å². The predicted molar refractivity (Wildman–Crippen MR) is 68.2 cm³/mol. The van der Waals surface area contributed by atoms with E-state index in [4.69, 9.17) is 4.74 Å². The highest BCUT2D eigenvalue weighted by molar-refractivity contribution is 5.80. The van der Waals surface area contributed by atoms with E-state index in [1.54, 1.807) is 0 Å². The number of hydrogen-bond donors (Lipinski definition) is 0. The van der Waals surface area contributed by atoms with Crippen LogP contribution in [-0.2, 0) is 9.53 Å². The molecule has 0 aliphatic rings. The summed E-state index contributed by atoms with van der Waals surface area (Å²) in [5, 5.41) is 9.29. The van der Waals surface area contributed by atoms with Crippen molar-refractivity contribution in [1.29, 1.82) is 5.26 Å². The summed E-state index contributed by atoms with van der Waals surface area (Å²) in [5.74, 6) is -0.463. The molecule has 0 bridgehead atoms. The van der Waals surface area contributed by atoms with Crippen molar-refractivity contribution < 1.29 is 9.53 Å². The Hall–Kier alpha value is -1.56. The normalized spacial score (nSPS) is 10.1. The fourth-order valence-corrected chi connectivity index (χ4v) is 1.34. The minimum absolute atomic E-state index is 0.391. The minimum atomic E-state index is -1.09. The Balaban J connectivity index is 5.17. The molecule has 0 aromatic carbocycles. The highest BCUT2D eigenvalue weighted by Crippen LogP contribution is 2.30. The molecule has 0 aromatic heterocycles. The maximum atomic E-state index is 11.8. The van der Waals surface area contributed by atoms with Gasteiger partial charge >= 0.3 is 5.97 Å². The molecule has 0 heterocycles. The van der Waals surface area contributed by atoms with E-state index in [0.717, 1.165) is 11.1 Å². The lowest BCUT2D eigenvalue weighted by Gasteiger charge is -2.21. The Kier molecular flexibility index (Phi) is 6.27. The molecule has 0 aliphatic heterocycles. The minimum Gasteiger partial charge on any atom is -0.468 e. The maximum Gasteiger partial charge on any atom is 0.326 e. The zero-order chi connectivity index (χ0) is 13.5. The number of esters is 1. The molecule has 0 N–H and O–H groups in total. The molecule has 17 heavy (non-hydrogen) atoms. The molecule has 0 saturated heterocycles. The van der Waals surface area contributed by atoms with Crippen molar-refractivity contribution in [3.05, 3.63) is 23.3 Å². The molecule has 94 valence electrons. The first-order valence-electron chi connectivity index (χ1n) is 5.64. The Morgan fingerprint density at radius 2 is 1.59 bits per heavy atom. The molecule has 0 spiro atoms. The Bertz CT molecular complexity index is 344. The summed E-state index contributed by atoms with van der Waals surface area (Å²) in [7, 11) is 1.32. The van der Waals surface area contributed by atoms with Crippen LogP contribution in [0.2, 0.25) is 0 Å². The van der Waals surface area contributed by atoms with Gasteiger partial charge in [0.2, 0.25) is 0 Å². The van der Waals surface area contributed by atoms with Gasteiger partial charge in [0.05, 0.1) is 13.2 Å². The van der Waals surface area contributed by atoms with Gasteiger partial charge < -0.3 is 4.74 Å². The van der Waals surface area contributed by atoms with E-state index in [1.165, 1.54) is 7.11 Å². The number of carbonyl (C=O) groups is 1. The molecule has 0 unspecified atom stereocenters. The van der Waals surface area contributed by atoms with Crippen LogP contribution in [0, 0.1) is 16.7 Å². The second kappa shape index (κ2) is 6.90. The van der Waals surface area contributed by atoms with Crippen LogP contribution in [0.15, 0.2) is 23.3 Å². The number of ether oxygens (including phenoxy) is 1. The van der Waals surface area contributed by atoms with Crippen LogP contribution in [-0.4, -0.2) is 13.1 Å². The van der Waals surface area contributed by atoms with Gasteiger partial charge in [-0.3, -0.25) is 4.79 Å². The number of hydrogen-bond acceptors (Lipinski definition) is 3. The molecule has 0 rings (SSSR count). The van der Waals surface area contributed by atoms with Gasteiger partial charge in [0.25, 0.3) is 0 Å². The van der Waals surface area contributed by atoms with E-state index in [-0.39, 0.29) is 0 Å². The number of nitriles is 1. The SMILES string of the molecule is COC(=O)C(C#N)(CC=C(C)C)CC=C(C)C. The van der Waals surface area contributed by atoms with Crippen molar-refractivity contribution in [3.63, 3.8) is 0 Å². The Morgan fingerprint density at radius 3 is 1.82 bits per heavy atom. The van der Waals surface area contributed by atoms with E-state index < -0.39 is 11.4 Å². The fraction of sp³-hybridized carbons (Fsp3) is 0.571. The first-order valence-corrected chi connectivity index (χ1v) is 5.64. The molecule has 0 saturated carbocycles. The van der Waals surface area contributed by atoms with Gasteiger partial charge in [0, 0.05) is 0 Å².